The van der Waals surface area contributed by atoms with Gasteiger partial charge in [0.05, 0.1) is 12.7 Å². The minimum atomic E-state index is 0.336. The zero-order chi connectivity index (χ0) is 11.7. The molecule has 0 saturated carbocycles. The van der Waals surface area contributed by atoms with Crippen LogP contribution in [0.2, 0.25) is 0 Å². The Morgan fingerprint density at radius 1 is 1.62 bits per heavy atom. The number of aromatic amines is 1. The van der Waals surface area contributed by atoms with Crippen LogP contribution in [-0.4, -0.2) is 27.5 Å². The molecule has 0 spiro atoms. The van der Waals surface area contributed by atoms with E-state index in [1.165, 1.54) is 0 Å². The molecule has 1 saturated heterocycles. The van der Waals surface area contributed by atoms with Gasteiger partial charge in [0.25, 0.3) is 0 Å². The summed E-state index contributed by atoms with van der Waals surface area (Å²) in [6.45, 7) is 8.17. The Bertz CT molecular complexity index is 410. The average molecular weight is 241 g/mol. The van der Waals surface area contributed by atoms with Gasteiger partial charge in [-0.15, -0.1) is 0 Å². The second-order valence-electron chi connectivity index (χ2n) is 4.97. The van der Waals surface area contributed by atoms with Crippen LogP contribution in [0.5, 0.6) is 0 Å². The normalized spacial score (nSPS) is 25.5. The number of nitrogens with one attached hydrogen (secondary N) is 1. The number of hydrogen-bond acceptors (Lipinski definition) is 3. The smallest absolute Gasteiger partial charge is 0.195 e. The van der Waals surface area contributed by atoms with Gasteiger partial charge in [0.2, 0.25) is 0 Å². The molecule has 0 aromatic carbocycles. The highest BCUT2D eigenvalue weighted by Crippen LogP contribution is 2.28. The Morgan fingerprint density at radius 2 is 2.38 bits per heavy atom. The quantitative estimate of drug-likeness (QED) is 0.827. The van der Waals surface area contributed by atoms with Gasteiger partial charge in [0, 0.05) is 12.5 Å². The van der Waals surface area contributed by atoms with Crippen LogP contribution in [-0.2, 0) is 11.3 Å². The lowest BCUT2D eigenvalue weighted by Gasteiger charge is -2.12. The number of aromatic nitrogens is 3. The molecule has 0 amide bonds. The van der Waals surface area contributed by atoms with Crippen LogP contribution in [0, 0.1) is 10.7 Å². The van der Waals surface area contributed by atoms with Crippen LogP contribution in [0.25, 0.3) is 0 Å². The van der Waals surface area contributed by atoms with Crippen LogP contribution < -0.4 is 0 Å². The predicted molar refractivity (Wildman–Crippen MR) is 65.0 cm³/mol. The molecule has 0 radical (unpaired) electrons. The van der Waals surface area contributed by atoms with Crippen molar-refractivity contribution in [1.29, 1.82) is 0 Å². The highest BCUT2D eigenvalue weighted by atomic mass is 32.1. The van der Waals surface area contributed by atoms with Crippen molar-refractivity contribution in [2.45, 2.75) is 45.8 Å². The molecular weight excluding hydrogens is 222 g/mol. The average Bonchev–Trinajstić information content (AvgIpc) is 2.75. The Kier molecular flexibility index (Phi) is 3.44. The first-order valence-corrected chi connectivity index (χ1v) is 6.25. The molecule has 1 aliphatic rings. The number of nitrogens with zero attached hydrogens (tertiary/aromatic N) is 2. The molecule has 5 heteroatoms. The van der Waals surface area contributed by atoms with Gasteiger partial charge in [0.1, 0.15) is 5.82 Å². The van der Waals surface area contributed by atoms with E-state index in [0.717, 1.165) is 30.2 Å². The van der Waals surface area contributed by atoms with Crippen molar-refractivity contribution in [1.82, 2.24) is 14.8 Å². The third-order valence-electron chi connectivity index (χ3n) is 2.90. The van der Waals surface area contributed by atoms with Gasteiger partial charge in [-0.05, 0) is 31.5 Å². The fourth-order valence-electron chi connectivity index (χ4n) is 2.18. The Hall–Kier alpha value is -0.680. The highest BCUT2D eigenvalue weighted by Gasteiger charge is 2.27. The molecule has 1 aromatic rings. The SMILES string of the molecule is CC(C)Cn1c(C2COC(C)C2)n[nH]c1=S. The van der Waals surface area contributed by atoms with E-state index < -0.39 is 0 Å². The minimum absolute atomic E-state index is 0.336. The summed E-state index contributed by atoms with van der Waals surface area (Å²) in [6, 6.07) is 0. The third-order valence-corrected chi connectivity index (χ3v) is 3.21. The topological polar surface area (TPSA) is 42.8 Å². The lowest BCUT2D eigenvalue weighted by atomic mass is 10.1. The fourth-order valence-corrected chi connectivity index (χ4v) is 2.39. The zero-order valence-corrected chi connectivity index (χ0v) is 10.9. The van der Waals surface area contributed by atoms with Crippen molar-refractivity contribution >= 4 is 12.2 Å². The van der Waals surface area contributed by atoms with Crippen LogP contribution in [0.4, 0.5) is 0 Å². The Balaban J connectivity index is 2.24. The predicted octanol–water partition coefficient (Wildman–Crippen LogP) is 2.49. The molecule has 90 valence electrons. The monoisotopic (exact) mass is 241 g/mol. The van der Waals surface area contributed by atoms with E-state index in [-0.39, 0.29) is 0 Å². The molecule has 1 fully saturated rings. The fraction of sp³-hybridized carbons (Fsp3) is 0.818. The first-order valence-electron chi connectivity index (χ1n) is 5.84. The number of rotatable bonds is 3. The van der Waals surface area contributed by atoms with Crippen LogP contribution in [0.1, 0.15) is 38.9 Å². The van der Waals surface area contributed by atoms with Crippen molar-refractivity contribution in [2.24, 2.45) is 5.92 Å². The first-order chi connectivity index (χ1) is 7.58. The first kappa shape index (κ1) is 11.8. The summed E-state index contributed by atoms with van der Waals surface area (Å²) in [4.78, 5) is 0. The highest BCUT2D eigenvalue weighted by molar-refractivity contribution is 7.71. The van der Waals surface area contributed by atoms with Crippen molar-refractivity contribution in [2.75, 3.05) is 6.61 Å². The maximum atomic E-state index is 5.59. The second-order valence-corrected chi connectivity index (χ2v) is 5.35. The van der Waals surface area contributed by atoms with E-state index in [0.29, 0.717) is 17.9 Å². The zero-order valence-electron chi connectivity index (χ0n) is 10.1. The summed E-state index contributed by atoms with van der Waals surface area (Å²) < 4.78 is 8.43. The molecule has 1 N–H and O–H groups in total. The third kappa shape index (κ3) is 2.35. The van der Waals surface area contributed by atoms with Gasteiger partial charge in [-0.25, -0.2) is 0 Å². The summed E-state index contributed by atoms with van der Waals surface area (Å²) in [5, 5.41) is 7.25. The number of hydrogen-bond donors (Lipinski definition) is 1. The van der Waals surface area contributed by atoms with E-state index in [4.69, 9.17) is 17.0 Å². The number of ether oxygens (including phenoxy) is 1. The van der Waals surface area contributed by atoms with Crippen LogP contribution in [0.15, 0.2) is 0 Å². The van der Waals surface area contributed by atoms with Crippen molar-refractivity contribution in [3.05, 3.63) is 10.6 Å². The van der Waals surface area contributed by atoms with Crippen LogP contribution in [0.3, 0.4) is 0 Å². The standard InChI is InChI=1S/C11H19N3OS/c1-7(2)5-14-10(12-13-11(14)16)9-4-8(3)15-6-9/h7-9H,4-6H2,1-3H3,(H,13,16). The van der Waals surface area contributed by atoms with Crippen molar-refractivity contribution in [3.8, 4) is 0 Å². The van der Waals surface area contributed by atoms with E-state index in [9.17, 15) is 0 Å². The molecule has 0 aliphatic carbocycles. The summed E-state index contributed by atoms with van der Waals surface area (Å²) >= 11 is 5.26. The molecule has 4 nitrogen and oxygen atoms in total. The molecule has 2 heterocycles. The van der Waals surface area contributed by atoms with Gasteiger partial charge in [0.15, 0.2) is 4.77 Å². The molecule has 2 rings (SSSR count). The van der Waals surface area contributed by atoms with Gasteiger partial charge in [-0.3, -0.25) is 5.10 Å². The lowest BCUT2D eigenvalue weighted by Crippen LogP contribution is -2.13. The van der Waals surface area contributed by atoms with Gasteiger partial charge < -0.3 is 9.30 Å². The molecular formula is C11H19N3OS. The Morgan fingerprint density at radius 3 is 2.94 bits per heavy atom. The Labute approximate surface area is 101 Å². The summed E-state index contributed by atoms with van der Waals surface area (Å²) in [5.74, 6) is 2.02. The maximum absolute atomic E-state index is 5.59. The molecule has 2 atom stereocenters. The van der Waals surface area contributed by atoms with Gasteiger partial charge in [-0.1, -0.05) is 13.8 Å². The summed E-state index contributed by atoms with van der Waals surface area (Å²) in [7, 11) is 0. The van der Waals surface area contributed by atoms with Crippen molar-refractivity contribution < 1.29 is 4.74 Å². The van der Waals surface area contributed by atoms with E-state index in [1.807, 2.05) is 0 Å². The summed E-state index contributed by atoms with van der Waals surface area (Å²) in [5.41, 5.74) is 0. The second kappa shape index (κ2) is 4.67. The minimum Gasteiger partial charge on any atom is -0.378 e. The molecule has 16 heavy (non-hydrogen) atoms. The van der Waals surface area contributed by atoms with E-state index >= 15 is 0 Å². The number of H-pyrrole nitrogens is 1. The van der Waals surface area contributed by atoms with Gasteiger partial charge in [-0.2, -0.15) is 5.10 Å². The molecule has 1 aliphatic heterocycles. The largest absolute Gasteiger partial charge is 0.378 e. The molecule has 0 bridgehead atoms. The lowest BCUT2D eigenvalue weighted by molar-refractivity contribution is 0.123. The maximum Gasteiger partial charge on any atom is 0.195 e. The van der Waals surface area contributed by atoms with Crippen molar-refractivity contribution in [3.63, 3.8) is 0 Å². The van der Waals surface area contributed by atoms with E-state index in [2.05, 4.69) is 35.5 Å². The van der Waals surface area contributed by atoms with Gasteiger partial charge >= 0.3 is 0 Å². The molecule has 2 unspecified atom stereocenters. The summed E-state index contributed by atoms with van der Waals surface area (Å²) in [6.07, 6.45) is 1.38. The van der Waals surface area contributed by atoms with E-state index in [1.54, 1.807) is 0 Å². The van der Waals surface area contributed by atoms with Crippen LogP contribution >= 0.6 is 12.2 Å². The molecule has 1 aromatic heterocycles.